The number of rotatable bonds is 0. The second kappa shape index (κ2) is 8.76. The Morgan fingerprint density at radius 3 is 0.933 bits per heavy atom. The lowest BCUT2D eigenvalue weighted by atomic mass is 10.3. The lowest BCUT2D eigenvalue weighted by molar-refractivity contribution is 1.39. The van der Waals surface area contributed by atoms with E-state index in [1.54, 1.807) is 0 Å². The molecular weight excluding hydrogens is 180 g/mol. The predicted octanol–water partition coefficient (Wildman–Crippen LogP) is 4.28. The molecule has 0 saturated heterocycles. The first-order valence-electron chi connectivity index (χ1n) is 5.15. The maximum atomic E-state index is 2.12. The van der Waals surface area contributed by atoms with Crippen LogP contribution in [0.25, 0.3) is 0 Å². The quantitative estimate of drug-likeness (QED) is 0.542. The third-order valence-corrected chi connectivity index (χ3v) is 1.77. The Hall–Kier alpha value is -1.82. The standard InChI is InChI=1S/C15H16/c1-2-4-6-8-10-12-14-15-13-11-9-7-5-3-1/h1-14H,15H2. The van der Waals surface area contributed by atoms with Crippen LogP contribution in [-0.4, -0.2) is 0 Å². The van der Waals surface area contributed by atoms with Crippen LogP contribution in [0.1, 0.15) is 6.42 Å². The first-order chi connectivity index (χ1) is 7.50. The van der Waals surface area contributed by atoms with Crippen LogP contribution in [0, 0.1) is 0 Å². The molecule has 0 amide bonds. The zero-order chi connectivity index (χ0) is 10.6. The highest BCUT2D eigenvalue weighted by Gasteiger charge is 1.69. The van der Waals surface area contributed by atoms with E-state index in [1.165, 1.54) is 0 Å². The van der Waals surface area contributed by atoms with Crippen molar-refractivity contribution >= 4 is 0 Å². The van der Waals surface area contributed by atoms with Crippen molar-refractivity contribution in [3.8, 4) is 0 Å². The normalized spacial score (nSPS) is 16.5. The highest BCUT2D eigenvalue weighted by molar-refractivity contribution is 5.21. The summed E-state index contributed by atoms with van der Waals surface area (Å²) >= 11 is 0. The monoisotopic (exact) mass is 196 g/mol. The van der Waals surface area contributed by atoms with Crippen LogP contribution in [0.4, 0.5) is 0 Å². The van der Waals surface area contributed by atoms with Gasteiger partial charge in [0.25, 0.3) is 0 Å². The van der Waals surface area contributed by atoms with Gasteiger partial charge in [-0.2, -0.15) is 0 Å². The molecule has 76 valence electrons. The Morgan fingerprint density at radius 2 is 0.600 bits per heavy atom. The van der Waals surface area contributed by atoms with E-state index in [0.717, 1.165) is 6.42 Å². The third kappa shape index (κ3) is 7.27. The summed E-state index contributed by atoms with van der Waals surface area (Å²) in [4.78, 5) is 0. The van der Waals surface area contributed by atoms with E-state index in [-0.39, 0.29) is 0 Å². The van der Waals surface area contributed by atoms with Gasteiger partial charge in [0.1, 0.15) is 0 Å². The fraction of sp³-hybridized carbons (Fsp3) is 0.0667. The molecule has 0 bridgehead atoms. The van der Waals surface area contributed by atoms with Crippen LogP contribution in [0.5, 0.6) is 0 Å². The lowest BCUT2D eigenvalue weighted by Gasteiger charge is -1.78. The molecule has 0 nitrogen and oxygen atoms in total. The largest absolute Gasteiger partial charge is 0.0807 e. The molecule has 0 N–H and O–H groups in total. The molecule has 0 aliphatic heterocycles. The summed E-state index contributed by atoms with van der Waals surface area (Å²) in [5.74, 6) is 0. The summed E-state index contributed by atoms with van der Waals surface area (Å²) in [6.45, 7) is 0. The summed E-state index contributed by atoms with van der Waals surface area (Å²) < 4.78 is 0. The molecule has 0 aromatic heterocycles. The summed E-state index contributed by atoms with van der Waals surface area (Å²) in [5, 5.41) is 0. The van der Waals surface area contributed by atoms with Crippen LogP contribution in [0.3, 0.4) is 0 Å². The first kappa shape index (κ1) is 11.3. The Morgan fingerprint density at radius 1 is 0.333 bits per heavy atom. The zero-order valence-corrected chi connectivity index (χ0v) is 8.79. The molecule has 1 aliphatic rings. The van der Waals surface area contributed by atoms with Crippen molar-refractivity contribution in [1.82, 2.24) is 0 Å². The third-order valence-electron chi connectivity index (χ3n) is 1.77. The predicted molar refractivity (Wildman–Crippen MR) is 68.6 cm³/mol. The minimum absolute atomic E-state index is 0.973. The molecule has 15 heavy (non-hydrogen) atoms. The van der Waals surface area contributed by atoms with Gasteiger partial charge in [-0.3, -0.25) is 0 Å². The van der Waals surface area contributed by atoms with Gasteiger partial charge in [-0.15, -0.1) is 0 Å². The van der Waals surface area contributed by atoms with Gasteiger partial charge in [0.2, 0.25) is 0 Å². The molecule has 0 saturated carbocycles. The summed E-state index contributed by atoms with van der Waals surface area (Å²) in [5.41, 5.74) is 0. The number of hydrogen-bond donors (Lipinski definition) is 0. The van der Waals surface area contributed by atoms with Crippen LogP contribution in [0.2, 0.25) is 0 Å². The SMILES string of the molecule is C1=CC=CC=CC=CCC=CC=CC=C1. The average molecular weight is 196 g/mol. The Balaban J connectivity index is 2.62. The molecule has 1 aliphatic carbocycles. The topological polar surface area (TPSA) is 0 Å². The molecule has 0 aromatic carbocycles. The summed E-state index contributed by atoms with van der Waals surface area (Å²) in [7, 11) is 0. The van der Waals surface area contributed by atoms with E-state index in [9.17, 15) is 0 Å². The molecule has 0 radical (unpaired) electrons. The molecule has 0 unspecified atom stereocenters. The second-order valence-corrected chi connectivity index (χ2v) is 3.02. The van der Waals surface area contributed by atoms with Gasteiger partial charge in [-0.1, -0.05) is 85.1 Å². The van der Waals surface area contributed by atoms with E-state index in [4.69, 9.17) is 0 Å². The van der Waals surface area contributed by atoms with Gasteiger partial charge in [0.05, 0.1) is 0 Å². The van der Waals surface area contributed by atoms with Crippen molar-refractivity contribution in [2.24, 2.45) is 0 Å². The Kier molecular flexibility index (Phi) is 6.58. The van der Waals surface area contributed by atoms with Crippen molar-refractivity contribution < 1.29 is 0 Å². The van der Waals surface area contributed by atoms with Gasteiger partial charge in [-0.25, -0.2) is 0 Å². The van der Waals surface area contributed by atoms with Gasteiger partial charge >= 0.3 is 0 Å². The Labute approximate surface area is 92.0 Å². The van der Waals surface area contributed by atoms with Gasteiger partial charge < -0.3 is 0 Å². The Bertz CT molecular complexity index is 310. The van der Waals surface area contributed by atoms with Gasteiger partial charge in [-0.05, 0) is 6.42 Å². The van der Waals surface area contributed by atoms with Crippen molar-refractivity contribution in [3.05, 3.63) is 85.1 Å². The highest BCUT2D eigenvalue weighted by Crippen LogP contribution is 1.90. The molecule has 0 heterocycles. The van der Waals surface area contributed by atoms with E-state index >= 15 is 0 Å². The minimum atomic E-state index is 0.973. The smallest absolute Gasteiger partial charge is 0.0163 e. The maximum absolute atomic E-state index is 2.12. The van der Waals surface area contributed by atoms with E-state index < -0.39 is 0 Å². The van der Waals surface area contributed by atoms with Crippen molar-refractivity contribution in [2.75, 3.05) is 0 Å². The highest BCUT2D eigenvalue weighted by atomic mass is 13.8. The molecule has 0 fully saturated rings. The lowest BCUT2D eigenvalue weighted by Crippen LogP contribution is -1.57. The van der Waals surface area contributed by atoms with Gasteiger partial charge in [0, 0.05) is 0 Å². The summed E-state index contributed by atoms with van der Waals surface area (Å²) in [6.07, 6.45) is 29.5. The second-order valence-electron chi connectivity index (χ2n) is 3.02. The fourth-order valence-electron chi connectivity index (χ4n) is 1.03. The molecule has 0 aromatic rings. The molecule has 1 rings (SSSR count). The van der Waals surface area contributed by atoms with Crippen molar-refractivity contribution in [3.63, 3.8) is 0 Å². The van der Waals surface area contributed by atoms with Crippen molar-refractivity contribution in [1.29, 1.82) is 0 Å². The van der Waals surface area contributed by atoms with Crippen LogP contribution >= 0.6 is 0 Å². The molecule has 0 atom stereocenters. The fourth-order valence-corrected chi connectivity index (χ4v) is 1.03. The molecular formula is C15H16. The summed E-state index contributed by atoms with van der Waals surface area (Å²) in [6, 6.07) is 0. The van der Waals surface area contributed by atoms with E-state index in [1.807, 2.05) is 60.8 Å². The number of allylic oxidation sites excluding steroid dienone is 14. The first-order valence-corrected chi connectivity index (χ1v) is 5.15. The average Bonchev–Trinajstić information content (AvgIpc) is 2.27. The zero-order valence-electron chi connectivity index (χ0n) is 8.79. The van der Waals surface area contributed by atoms with Crippen LogP contribution in [0.15, 0.2) is 85.1 Å². The minimum Gasteiger partial charge on any atom is -0.0807 e. The number of hydrogen-bond acceptors (Lipinski definition) is 0. The van der Waals surface area contributed by atoms with Crippen LogP contribution in [-0.2, 0) is 0 Å². The molecule has 0 spiro atoms. The van der Waals surface area contributed by atoms with E-state index in [2.05, 4.69) is 24.3 Å². The van der Waals surface area contributed by atoms with Crippen molar-refractivity contribution in [2.45, 2.75) is 6.42 Å². The van der Waals surface area contributed by atoms with E-state index in [0.29, 0.717) is 0 Å². The molecule has 0 heteroatoms. The maximum Gasteiger partial charge on any atom is -0.0163 e. The van der Waals surface area contributed by atoms with Gasteiger partial charge in [0.15, 0.2) is 0 Å². The van der Waals surface area contributed by atoms with Crippen LogP contribution < -0.4 is 0 Å².